The molecule has 2 fully saturated rings. The molecule has 7 nitrogen and oxygen atoms in total. The van der Waals surface area contributed by atoms with Gasteiger partial charge in [-0.05, 0) is 19.8 Å². The second-order valence-electron chi connectivity index (χ2n) is 5.12. The van der Waals surface area contributed by atoms with Crippen LogP contribution in [0.5, 0.6) is 0 Å². The van der Waals surface area contributed by atoms with Crippen LogP contribution in [-0.2, 0) is 4.79 Å². The van der Waals surface area contributed by atoms with Gasteiger partial charge in [-0.15, -0.1) is 0 Å². The molecule has 1 saturated carbocycles. The molecule has 1 aliphatic heterocycles. The maximum Gasteiger partial charge on any atom is 0.268 e. The van der Waals surface area contributed by atoms with Crippen molar-refractivity contribution >= 4 is 34.1 Å². The highest BCUT2D eigenvalue weighted by Crippen LogP contribution is 2.31. The molecule has 1 unspecified atom stereocenters. The summed E-state index contributed by atoms with van der Waals surface area (Å²) >= 11 is 1.26. The van der Waals surface area contributed by atoms with Crippen molar-refractivity contribution < 1.29 is 9.59 Å². The van der Waals surface area contributed by atoms with E-state index in [0.717, 1.165) is 12.8 Å². The number of amides is 2. The minimum absolute atomic E-state index is 0.135. The van der Waals surface area contributed by atoms with Crippen LogP contribution in [0.4, 0.5) is 10.9 Å². The Morgan fingerprint density at radius 3 is 3.00 bits per heavy atom. The summed E-state index contributed by atoms with van der Waals surface area (Å²) in [4.78, 5) is 30.3. The van der Waals surface area contributed by atoms with Crippen molar-refractivity contribution in [1.29, 1.82) is 0 Å². The first-order valence-electron chi connectivity index (χ1n) is 6.68. The third-order valence-corrected chi connectivity index (χ3v) is 4.50. The van der Waals surface area contributed by atoms with Gasteiger partial charge in [0.1, 0.15) is 16.7 Å². The Hall–Kier alpha value is -1.83. The van der Waals surface area contributed by atoms with Crippen LogP contribution in [0.15, 0.2) is 0 Å². The van der Waals surface area contributed by atoms with E-state index in [0.29, 0.717) is 29.1 Å². The van der Waals surface area contributed by atoms with Crippen LogP contribution in [-0.4, -0.2) is 46.9 Å². The summed E-state index contributed by atoms with van der Waals surface area (Å²) in [5.74, 6) is -0.114. The number of nitrogen functional groups attached to an aromatic ring is 1. The van der Waals surface area contributed by atoms with Crippen LogP contribution in [0.25, 0.3) is 0 Å². The van der Waals surface area contributed by atoms with Crippen LogP contribution >= 0.6 is 11.3 Å². The van der Waals surface area contributed by atoms with Gasteiger partial charge >= 0.3 is 0 Å². The molecule has 108 valence electrons. The van der Waals surface area contributed by atoms with Gasteiger partial charge in [0, 0.05) is 19.1 Å². The number of carbonyl (C=O) groups is 2. The first-order valence-corrected chi connectivity index (χ1v) is 7.49. The smallest absolute Gasteiger partial charge is 0.268 e. The molecule has 0 radical (unpaired) electrons. The molecular weight excluding hydrogens is 278 g/mol. The van der Waals surface area contributed by atoms with E-state index < -0.39 is 6.04 Å². The van der Waals surface area contributed by atoms with E-state index in [1.165, 1.54) is 11.3 Å². The summed E-state index contributed by atoms with van der Waals surface area (Å²) in [5, 5.41) is 6.65. The fourth-order valence-electron chi connectivity index (χ4n) is 2.14. The molecule has 1 aliphatic carbocycles. The van der Waals surface area contributed by atoms with Gasteiger partial charge in [-0.25, -0.2) is 4.98 Å². The largest absolute Gasteiger partial charge is 0.382 e. The summed E-state index contributed by atoms with van der Waals surface area (Å²) in [5.41, 5.74) is 5.84. The summed E-state index contributed by atoms with van der Waals surface area (Å²) < 4.78 is 0. The topological polar surface area (TPSA) is 100 Å². The number of nitrogens with zero attached hydrogens (tertiary/aromatic N) is 2. The molecule has 2 heterocycles. The quantitative estimate of drug-likeness (QED) is 0.742. The van der Waals surface area contributed by atoms with Crippen molar-refractivity contribution in [3.63, 3.8) is 0 Å². The Morgan fingerprint density at radius 1 is 1.55 bits per heavy atom. The third-order valence-electron chi connectivity index (χ3n) is 3.51. The molecular formula is C12H17N5O2S. The summed E-state index contributed by atoms with van der Waals surface area (Å²) in [6.07, 6.45) is 2.26. The maximum absolute atomic E-state index is 12.5. The minimum Gasteiger partial charge on any atom is -0.382 e. The molecule has 1 aromatic heterocycles. The van der Waals surface area contributed by atoms with Gasteiger partial charge in [0.2, 0.25) is 5.91 Å². The van der Waals surface area contributed by atoms with E-state index in [2.05, 4.69) is 15.6 Å². The molecule has 0 spiro atoms. The Morgan fingerprint density at radius 2 is 2.30 bits per heavy atom. The number of anilines is 2. The van der Waals surface area contributed by atoms with Crippen molar-refractivity contribution in [3.05, 3.63) is 4.88 Å². The van der Waals surface area contributed by atoms with Crippen molar-refractivity contribution in [2.75, 3.05) is 24.1 Å². The number of hydrogen-bond acceptors (Lipinski definition) is 6. The monoisotopic (exact) mass is 295 g/mol. The number of piperazine rings is 1. The van der Waals surface area contributed by atoms with Gasteiger partial charge in [0.15, 0.2) is 5.13 Å². The highest BCUT2D eigenvalue weighted by molar-refractivity contribution is 7.18. The highest BCUT2D eigenvalue weighted by atomic mass is 32.1. The van der Waals surface area contributed by atoms with E-state index in [-0.39, 0.29) is 17.6 Å². The van der Waals surface area contributed by atoms with E-state index >= 15 is 0 Å². The molecule has 0 bridgehead atoms. The summed E-state index contributed by atoms with van der Waals surface area (Å²) in [6, 6.07) is -0.0132. The highest BCUT2D eigenvalue weighted by Gasteiger charge is 2.32. The molecule has 1 saturated heterocycles. The lowest BCUT2D eigenvalue weighted by Gasteiger charge is -2.32. The number of thiazole rings is 1. The first-order chi connectivity index (χ1) is 9.56. The van der Waals surface area contributed by atoms with Crippen LogP contribution in [0.1, 0.15) is 29.4 Å². The number of nitrogens with one attached hydrogen (secondary N) is 2. The molecule has 20 heavy (non-hydrogen) atoms. The minimum atomic E-state index is -0.474. The second-order valence-corrected chi connectivity index (χ2v) is 6.12. The van der Waals surface area contributed by atoms with E-state index in [9.17, 15) is 9.59 Å². The van der Waals surface area contributed by atoms with Crippen LogP contribution in [0.3, 0.4) is 0 Å². The molecule has 8 heteroatoms. The number of nitrogens with two attached hydrogens (primary N) is 1. The molecule has 0 aromatic carbocycles. The summed E-state index contributed by atoms with van der Waals surface area (Å²) in [6.45, 7) is 2.68. The molecule has 1 aromatic rings. The van der Waals surface area contributed by atoms with Gasteiger partial charge in [-0.2, -0.15) is 0 Å². The Labute approximate surface area is 120 Å². The van der Waals surface area contributed by atoms with Gasteiger partial charge < -0.3 is 21.3 Å². The van der Waals surface area contributed by atoms with Crippen molar-refractivity contribution in [2.45, 2.75) is 31.8 Å². The lowest BCUT2D eigenvalue weighted by Crippen LogP contribution is -2.55. The molecule has 1 atom stereocenters. The fourth-order valence-corrected chi connectivity index (χ4v) is 3.06. The Balaban J connectivity index is 1.78. The number of aromatic nitrogens is 1. The SMILES string of the molecule is CC1C(=O)NCCN1C(=O)c1sc(NC2CC2)nc1N. The second kappa shape index (κ2) is 4.93. The molecule has 4 N–H and O–H groups in total. The zero-order chi connectivity index (χ0) is 14.3. The first kappa shape index (κ1) is 13.2. The number of rotatable bonds is 3. The van der Waals surface area contributed by atoms with Gasteiger partial charge in [0.05, 0.1) is 0 Å². The Bertz CT molecular complexity index is 554. The van der Waals surface area contributed by atoms with Crippen LogP contribution in [0.2, 0.25) is 0 Å². The Kier molecular flexibility index (Phi) is 3.25. The molecule has 3 rings (SSSR count). The van der Waals surface area contributed by atoms with Gasteiger partial charge in [-0.3, -0.25) is 9.59 Å². The average Bonchev–Trinajstić information content (AvgIpc) is 3.14. The number of carbonyl (C=O) groups excluding carboxylic acids is 2. The van der Waals surface area contributed by atoms with E-state index in [1.54, 1.807) is 11.8 Å². The third kappa shape index (κ3) is 2.43. The van der Waals surface area contributed by atoms with Crippen molar-refractivity contribution in [1.82, 2.24) is 15.2 Å². The van der Waals surface area contributed by atoms with Crippen molar-refractivity contribution in [3.8, 4) is 0 Å². The predicted molar refractivity (Wildman–Crippen MR) is 76.7 cm³/mol. The predicted octanol–water partition coefficient (Wildman–Crippen LogP) is 0.260. The fraction of sp³-hybridized carbons (Fsp3) is 0.583. The van der Waals surface area contributed by atoms with Crippen molar-refractivity contribution in [2.24, 2.45) is 0 Å². The molecule has 2 aliphatic rings. The van der Waals surface area contributed by atoms with Crippen LogP contribution < -0.4 is 16.4 Å². The lowest BCUT2D eigenvalue weighted by molar-refractivity contribution is -0.127. The zero-order valence-electron chi connectivity index (χ0n) is 11.2. The van der Waals surface area contributed by atoms with Gasteiger partial charge in [0.25, 0.3) is 5.91 Å². The maximum atomic E-state index is 12.5. The zero-order valence-corrected chi connectivity index (χ0v) is 12.0. The van der Waals surface area contributed by atoms with E-state index in [1.807, 2.05) is 0 Å². The van der Waals surface area contributed by atoms with E-state index in [4.69, 9.17) is 5.73 Å². The van der Waals surface area contributed by atoms with Gasteiger partial charge in [-0.1, -0.05) is 11.3 Å². The normalized spacial score (nSPS) is 22.6. The standard InChI is InChI=1S/C12H17N5O2S/c1-6-10(18)14-4-5-17(6)11(19)8-9(13)16-12(20-8)15-7-2-3-7/h6-7H,2-5,13H2,1H3,(H,14,18)(H,15,16). The van der Waals surface area contributed by atoms with Crippen LogP contribution in [0, 0.1) is 0 Å². The molecule has 2 amide bonds. The lowest BCUT2D eigenvalue weighted by atomic mass is 10.2. The summed E-state index contributed by atoms with van der Waals surface area (Å²) in [7, 11) is 0. The average molecular weight is 295 g/mol. The number of hydrogen-bond donors (Lipinski definition) is 3.